The molecule has 1 heteroatoms. The number of hydrogen-bond acceptors (Lipinski definition) is 0. The molecule has 0 aromatic carbocycles. The van der Waals surface area contributed by atoms with Crippen LogP contribution in [-0.4, -0.2) is 22.5 Å². The van der Waals surface area contributed by atoms with Crippen LogP contribution in [0, 0.1) is 17.8 Å². The summed E-state index contributed by atoms with van der Waals surface area (Å²) in [7, 11) is 0. The van der Waals surface area contributed by atoms with E-state index < -0.39 is 0 Å². The topological polar surface area (TPSA) is 0 Å². The van der Waals surface area contributed by atoms with E-state index in [0.717, 1.165) is 40.3 Å². The Labute approximate surface area is 85.2 Å². The van der Waals surface area contributed by atoms with Gasteiger partial charge in [0.2, 0.25) is 0 Å². The van der Waals surface area contributed by atoms with Gasteiger partial charge in [0.25, 0.3) is 0 Å². The molecule has 0 amide bonds. The molecule has 0 atom stereocenters. The van der Waals surface area contributed by atoms with Crippen LogP contribution in [0.3, 0.4) is 0 Å². The van der Waals surface area contributed by atoms with Crippen molar-refractivity contribution in [2.75, 3.05) is 0 Å². The van der Waals surface area contributed by atoms with Crippen molar-refractivity contribution < 1.29 is 0 Å². The predicted octanol–water partition coefficient (Wildman–Crippen LogP) is 2.48. The minimum atomic E-state index is 0.710. The van der Waals surface area contributed by atoms with Crippen LogP contribution in [0.15, 0.2) is 0 Å². The Balaban J connectivity index is 4.53. The van der Waals surface area contributed by atoms with Crippen molar-refractivity contribution in [2.24, 2.45) is 17.8 Å². The Bertz CT molecular complexity index is 92.3. The molecule has 0 unspecified atom stereocenters. The van der Waals surface area contributed by atoms with Gasteiger partial charge in [-0.05, 0) is 0 Å². The summed E-state index contributed by atoms with van der Waals surface area (Å²) in [5.74, 6) is 2.62. The van der Waals surface area contributed by atoms with Gasteiger partial charge in [-0.15, -0.1) is 0 Å². The van der Waals surface area contributed by atoms with Crippen molar-refractivity contribution in [3.05, 3.63) is 0 Å². The maximum atomic E-state index is 2.39. The molecule has 68 valence electrons. The summed E-state index contributed by atoms with van der Waals surface area (Å²) in [6, 6.07) is 0. The third kappa shape index (κ3) is 2.37. The molecule has 0 saturated carbocycles. The molecule has 0 aromatic heterocycles. The monoisotopic (exact) mass is 264 g/mol. The van der Waals surface area contributed by atoms with E-state index in [0.29, 0.717) is 3.43 Å². The molecule has 0 aliphatic carbocycles. The fourth-order valence-electron chi connectivity index (χ4n) is 2.00. The summed E-state index contributed by atoms with van der Waals surface area (Å²) >= 11 is 0.765. The van der Waals surface area contributed by atoms with Crippen LogP contribution in [-0.2, 0) is 0 Å². The van der Waals surface area contributed by atoms with Crippen LogP contribution in [0.4, 0.5) is 0 Å². The third-order valence-electron chi connectivity index (χ3n) is 3.73. The SMILES string of the molecule is CC(C)[C]([SnH3])(C(C)C)C(C)C. The van der Waals surface area contributed by atoms with Gasteiger partial charge >= 0.3 is 85.3 Å². The van der Waals surface area contributed by atoms with Gasteiger partial charge in [-0.2, -0.15) is 0 Å². The molecule has 0 saturated heterocycles. The second-order valence-electron chi connectivity index (χ2n) is 4.83. The first-order chi connectivity index (χ1) is 4.83. The van der Waals surface area contributed by atoms with E-state index in [1.165, 1.54) is 0 Å². The quantitative estimate of drug-likeness (QED) is 0.686. The van der Waals surface area contributed by atoms with E-state index >= 15 is 0 Å². The maximum absolute atomic E-state index is 2.39. The van der Waals surface area contributed by atoms with Crippen LogP contribution >= 0.6 is 0 Å². The van der Waals surface area contributed by atoms with E-state index in [9.17, 15) is 0 Å². The molecule has 0 nitrogen and oxygen atoms in total. The first-order valence-electron chi connectivity index (χ1n) is 4.83. The van der Waals surface area contributed by atoms with Crippen molar-refractivity contribution in [3.63, 3.8) is 0 Å². The van der Waals surface area contributed by atoms with E-state index in [-0.39, 0.29) is 0 Å². The van der Waals surface area contributed by atoms with Crippen molar-refractivity contribution in [1.29, 1.82) is 0 Å². The molecule has 0 heterocycles. The summed E-state index contributed by atoms with van der Waals surface area (Å²) in [6.45, 7) is 14.3. The summed E-state index contributed by atoms with van der Waals surface area (Å²) in [4.78, 5) is 0. The zero-order chi connectivity index (χ0) is 9.23. The van der Waals surface area contributed by atoms with Gasteiger partial charge in [-0.25, -0.2) is 0 Å². The molecule has 0 fully saturated rings. The molecule has 0 radical (unpaired) electrons. The number of hydrogen-bond donors (Lipinski definition) is 0. The molecule has 0 aliphatic rings. The van der Waals surface area contributed by atoms with Gasteiger partial charge in [0.1, 0.15) is 0 Å². The van der Waals surface area contributed by atoms with Crippen molar-refractivity contribution in [3.8, 4) is 0 Å². The van der Waals surface area contributed by atoms with Gasteiger partial charge in [0, 0.05) is 0 Å². The molecule has 11 heavy (non-hydrogen) atoms. The molecular weight excluding hydrogens is 239 g/mol. The van der Waals surface area contributed by atoms with Crippen LogP contribution in [0.5, 0.6) is 0 Å². The molecule has 0 spiro atoms. The van der Waals surface area contributed by atoms with Gasteiger partial charge < -0.3 is 0 Å². The molecule has 0 N–H and O–H groups in total. The average Bonchev–Trinajstić information content (AvgIpc) is 1.84. The molecule has 0 rings (SSSR count). The van der Waals surface area contributed by atoms with Crippen LogP contribution in [0.25, 0.3) is 0 Å². The zero-order valence-electron chi connectivity index (χ0n) is 9.23. The van der Waals surface area contributed by atoms with Crippen molar-refractivity contribution in [1.82, 2.24) is 0 Å². The Morgan fingerprint density at radius 3 is 0.909 bits per heavy atom. The summed E-state index contributed by atoms with van der Waals surface area (Å²) in [5.41, 5.74) is 0. The first kappa shape index (κ1) is 11.8. The minimum absolute atomic E-state index is 0.710. The Morgan fingerprint density at radius 2 is 0.909 bits per heavy atom. The fourth-order valence-corrected chi connectivity index (χ4v) is 2.00. The molecule has 0 aliphatic heterocycles. The molecular formula is C10H24Sn. The Morgan fingerprint density at radius 1 is 0.727 bits per heavy atom. The van der Waals surface area contributed by atoms with Crippen LogP contribution in [0.2, 0.25) is 3.43 Å². The van der Waals surface area contributed by atoms with Gasteiger partial charge in [0.15, 0.2) is 0 Å². The zero-order valence-corrected chi connectivity index (χ0v) is 14.9. The Kier molecular flexibility index (Phi) is 4.46. The standard InChI is InChI=1S/C10H21.Sn.3H/c1-7(2)10(8(3)4)9(5)6;;;;/h7-9H,1-6H3;;;;. The predicted molar refractivity (Wildman–Crippen MR) is 57.1 cm³/mol. The van der Waals surface area contributed by atoms with Crippen molar-refractivity contribution >= 4 is 22.5 Å². The molecule has 0 bridgehead atoms. The third-order valence-corrected chi connectivity index (χ3v) is 13.6. The van der Waals surface area contributed by atoms with E-state index in [1.54, 1.807) is 0 Å². The van der Waals surface area contributed by atoms with Crippen LogP contribution in [0.1, 0.15) is 41.5 Å². The second-order valence-corrected chi connectivity index (χ2v) is 9.77. The van der Waals surface area contributed by atoms with E-state index in [4.69, 9.17) is 0 Å². The van der Waals surface area contributed by atoms with Crippen LogP contribution < -0.4 is 0 Å². The Hall–Kier alpha value is 0.799. The number of rotatable bonds is 3. The summed E-state index contributed by atoms with van der Waals surface area (Å²) in [6.07, 6.45) is 0. The van der Waals surface area contributed by atoms with Gasteiger partial charge in [-0.3, -0.25) is 0 Å². The van der Waals surface area contributed by atoms with E-state index in [1.807, 2.05) is 0 Å². The van der Waals surface area contributed by atoms with Crippen molar-refractivity contribution in [2.45, 2.75) is 45.0 Å². The fraction of sp³-hybridized carbons (Fsp3) is 1.00. The summed E-state index contributed by atoms with van der Waals surface area (Å²) in [5, 5.41) is 0. The normalized spacial score (nSPS) is 13.9. The second kappa shape index (κ2) is 4.15. The first-order valence-corrected chi connectivity index (χ1v) is 7.68. The van der Waals surface area contributed by atoms with Gasteiger partial charge in [-0.1, -0.05) is 0 Å². The summed E-state index contributed by atoms with van der Waals surface area (Å²) < 4.78 is 0.710. The van der Waals surface area contributed by atoms with E-state index in [2.05, 4.69) is 41.5 Å². The molecule has 0 aromatic rings. The van der Waals surface area contributed by atoms with Gasteiger partial charge in [0.05, 0.1) is 0 Å². The average molecular weight is 263 g/mol.